The molecule has 18 heavy (non-hydrogen) atoms. The molecule has 0 radical (unpaired) electrons. The number of aryl methyl sites for hydroxylation is 1. The minimum absolute atomic E-state index is 0.207. The highest BCUT2D eigenvalue weighted by Gasteiger charge is 2.09. The molecule has 2 heteroatoms. The molecule has 2 rings (SSSR count). The van der Waals surface area contributed by atoms with Crippen LogP contribution in [0.1, 0.15) is 12.0 Å². The van der Waals surface area contributed by atoms with E-state index < -0.39 is 0 Å². The van der Waals surface area contributed by atoms with E-state index in [1.54, 1.807) is 7.11 Å². The van der Waals surface area contributed by atoms with Crippen LogP contribution >= 0.6 is 0 Å². The lowest BCUT2D eigenvalue weighted by Gasteiger charge is -2.13. The molecule has 0 heterocycles. The summed E-state index contributed by atoms with van der Waals surface area (Å²) in [6.45, 7) is 0.207. The summed E-state index contributed by atoms with van der Waals surface area (Å²) in [6, 6.07) is 16.4. The molecular formula is C16H18O2. The van der Waals surface area contributed by atoms with E-state index in [9.17, 15) is 0 Å². The fourth-order valence-electron chi connectivity index (χ4n) is 2.14. The van der Waals surface area contributed by atoms with Crippen LogP contribution in [-0.4, -0.2) is 18.8 Å². The lowest BCUT2D eigenvalue weighted by molar-refractivity contribution is 0.288. The molecule has 0 atom stereocenters. The summed E-state index contributed by atoms with van der Waals surface area (Å²) in [6.07, 6.45) is 1.59. The summed E-state index contributed by atoms with van der Waals surface area (Å²) < 4.78 is 5.55. The molecule has 1 N–H and O–H groups in total. The maximum absolute atomic E-state index is 8.94. The molecule has 0 aliphatic heterocycles. The number of para-hydroxylation sites is 1. The molecule has 0 aliphatic carbocycles. The van der Waals surface area contributed by atoms with Gasteiger partial charge >= 0.3 is 0 Å². The van der Waals surface area contributed by atoms with Crippen LogP contribution in [0, 0.1) is 0 Å². The van der Waals surface area contributed by atoms with Gasteiger partial charge in [-0.1, -0.05) is 48.5 Å². The van der Waals surface area contributed by atoms with Gasteiger partial charge in [0.15, 0.2) is 0 Å². The number of benzene rings is 2. The Morgan fingerprint density at radius 2 is 1.78 bits per heavy atom. The van der Waals surface area contributed by atoms with Crippen molar-refractivity contribution in [3.63, 3.8) is 0 Å². The number of hydrogen-bond donors (Lipinski definition) is 1. The Bertz CT molecular complexity index is 492. The summed E-state index contributed by atoms with van der Waals surface area (Å²) in [7, 11) is 1.70. The summed E-state index contributed by atoms with van der Waals surface area (Å²) in [5, 5.41) is 8.94. The Hall–Kier alpha value is -1.80. The molecule has 0 amide bonds. The Kier molecular flexibility index (Phi) is 4.37. The SMILES string of the molecule is COc1c(CCCO)cccc1-c1ccccc1. The normalized spacial score (nSPS) is 10.3. The van der Waals surface area contributed by atoms with Crippen molar-refractivity contribution in [2.75, 3.05) is 13.7 Å². The second kappa shape index (κ2) is 6.22. The van der Waals surface area contributed by atoms with Crippen LogP contribution in [0.3, 0.4) is 0 Å². The summed E-state index contributed by atoms with van der Waals surface area (Å²) in [5.74, 6) is 0.914. The molecule has 0 fully saturated rings. The monoisotopic (exact) mass is 242 g/mol. The lowest BCUT2D eigenvalue weighted by Crippen LogP contribution is -1.96. The molecule has 2 aromatic carbocycles. The fourth-order valence-corrected chi connectivity index (χ4v) is 2.14. The first-order valence-electron chi connectivity index (χ1n) is 6.19. The second-order valence-corrected chi connectivity index (χ2v) is 4.19. The van der Waals surface area contributed by atoms with E-state index in [0.717, 1.165) is 35.3 Å². The van der Waals surface area contributed by atoms with Crippen LogP contribution in [0.15, 0.2) is 48.5 Å². The summed E-state index contributed by atoms with van der Waals surface area (Å²) in [4.78, 5) is 0. The fraction of sp³-hybridized carbons (Fsp3) is 0.250. The first-order valence-corrected chi connectivity index (χ1v) is 6.19. The zero-order chi connectivity index (χ0) is 12.8. The molecule has 0 aliphatic rings. The van der Waals surface area contributed by atoms with Gasteiger partial charge in [-0.25, -0.2) is 0 Å². The Balaban J connectivity index is 2.41. The van der Waals surface area contributed by atoms with Crippen LogP contribution in [0.2, 0.25) is 0 Å². The van der Waals surface area contributed by atoms with E-state index in [-0.39, 0.29) is 6.61 Å². The maximum Gasteiger partial charge on any atom is 0.129 e. The van der Waals surface area contributed by atoms with Gasteiger partial charge in [0.2, 0.25) is 0 Å². The largest absolute Gasteiger partial charge is 0.496 e. The zero-order valence-corrected chi connectivity index (χ0v) is 10.6. The van der Waals surface area contributed by atoms with Crippen molar-refractivity contribution in [1.29, 1.82) is 0 Å². The van der Waals surface area contributed by atoms with Gasteiger partial charge in [0.05, 0.1) is 7.11 Å². The predicted octanol–water partition coefficient (Wildman–Crippen LogP) is 3.29. The van der Waals surface area contributed by atoms with E-state index in [2.05, 4.69) is 24.3 Å². The van der Waals surface area contributed by atoms with E-state index in [1.165, 1.54) is 0 Å². The van der Waals surface area contributed by atoms with Crippen molar-refractivity contribution in [1.82, 2.24) is 0 Å². The van der Waals surface area contributed by atoms with E-state index in [0.29, 0.717) is 0 Å². The van der Waals surface area contributed by atoms with Crippen LogP contribution < -0.4 is 4.74 Å². The number of hydrogen-bond acceptors (Lipinski definition) is 2. The highest BCUT2D eigenvalue weighted by molar-refractivity contribution is 5.72. The molecule has 2 nitrogen and oxygen atoms in total. The topological polar surface area (TPSA) is 29.5 Å². The standard InChI is InChI=1S/C16H18O2/c1-18-16-14(10-6-12-17)9-5-11-15(16)13-7-3-2-4-8-13/h2-5,7-9,11,17H,6,10,12H2,1H3. The molecule has 0 aromatic heterocycles. The third-order valence-electron chi connectivity index (χ3n) is 2.99. The van der Waals surface area contributed by atoms with Gasteiger partial charge in [-0.15, -0.1) is 0 Å². The number of ether oxygens (including phenoxy) is 1. The summed E-state index contributed by atoms with van der Waals surface area (Å²) in [5.41, 5.74) is 3.40. The average Bonchev–Trinajstić information content (AvgIpc) is 2.45. The average molecular weight is 242 g/mol. The molecule has 0 saturated heterocycles. The zero-order valence-electron chi connectivity index (χ0n) is 10.6. The van der Waals surface area contributed by atoms with Crippen molar-refractivity contribution in [2.24, 2.45) is 0 Å². The molecule has 0 saturated carbocycles. The number of rotatable bonds is 5. The molecule has 2 aromatic rings. The Morgan fingerprint density at radius 1 is 1.00 bits per heavy atom. The van der Waals surface area contributed by atoms with Crippen molar-refractivity contribution in [3.05, 3.63) is 54.1 Å². The number of aliphatic hydroxyl groups excluding tert-OH is 1. The molecule has 0 spiro atoms. The van der Waals surface area contributed by atoms with Crippen molar-refractivity contribution in [3.8, 4) is 16.9 Å². The van der Waals surface area contributed by atoms with Crippen molar-refractivity contribution in [2.45, 2.75) is 12.8 Å². The van der Waals surface area contributed by atoms with Gasteiger partial charge in [0, 0.05) is 12.2 Å². The van der Waals surface area contributed by atoms with Gasteiger partial charge in [0.25, 0.3) is 0 Å². The first-order chi connectivity index (χ1) is 8.86. The smallest absolute Gasteiger partial charge is 0.129 e. The molecule has 94 valence electrons. The van der Waals surface area contributed by atoms with E-state index in [4.69, 9.17) is 9.84 Å². The Labute approximate surface area is 108 Å². The second-order valence-electron chi connectivity index (χ2n) is 4.19. The minimum Gasteiger partial charge on any atom is -0.496 e. The highest BCUT2D eigenvalue weighted by Crippen LogP contribution is 2.33. The van der Waals surface area contributed by atoms with E-state index in [1.807, 2.05) is 24.3 Å². The summed E-state index contributed by atoms with van der Waals surface area (Å²) >= 11 is 0. The molecule has 0 unspecified atom stereocenters. The van der Waals surface area contributed by atoms with Crippen LogP contribution in [0.5, 0.6) is 5.75 Å². The van der Waals surface area contributed by atoms with Gasteiger partial charge in [-0.3, -0.25) is 0 Å². The minimum atomic E-state index is 0.207. The van der Waals surface area contributed by atoms with Crippen molar-refractivity contribution < 1.29 is 9.84 Å². The van der Waals surface area contributed by atoms with Crippen molar-refractivity contribution >= 4 is 0 Å². The Morgan fingerprint density at radius 3 is 2.44 bits per heavy atom. The lowest BCUT2D eigenvalue weighted by atomic mass is 9.99. The highest BCUT2D eigenvalue weighted by atomic mass is 16.5. The van der Waals surface area contributed by atoms with Gasteiger partial charge in [-0.05, 0) is 24.0 Å². The third-order valence-corrected chi connectivity index (χ3v) is 2.99. The molecule has 0 bridgehead atoms. The maximum atomic E-state index is 8.94. The van der Waals surface area contributed by atoms with Crippen LogP contribution in [0.4, 0.5) is 0 Å². The molecular weight excluding hydrogens is 224 g/mol. The number of methoxy groups -OCH3 is 1. The number of aliphatic hydroxyl groups is 1. The van der Waals surface area contributed by atoms with E-state index >= 15 is 0 Å². The van der Waals surface area contributed by atoms with Gasteiger partial charge in [0.1, 0.15) is 5.75 Å². The first kappa shape index (κ1) is 12.7. The van der Waals surface area contributed by atoms with Crippen LogP contribution in [-0.2, 0) is 6.42 Å². The predicted molar refractivity (Wildman–Crippen MR) is 73.8 cm³/mol. The van der Waals surface area contributed by atoms with Gasteiger partial charge in [-0.2, -0.15) is 0 Å². The van der Waals surface area contributed by atoms with Crippen LogP contribution in [0.25, 0.3) is 11.1 Å². The quantitative estimate of drug-likeness (QED) is 0.871. The third kappa shape index (κ3) is 2.71. The van der Waals surface area contributed by atoms with Gasteiger partial charge < -0.3 is 9.84 Å².